The second kappa shape index (κ2) is 11.6. The lowest BCUT2D eigenvalue weighted by Gasteiger charge is -2.12. The van der Waals surface area contributed by atoms with Gasteiger partial charge in [-0.25, -0.2) is 4.99 Å². The van der Waals surface area contributed by atoms with Crippen LogP contribution in [0.3, 0.4) is 0 Å². The smallest absolute Gasteiger partial charge is 0.191 e. The van der Waals surface area contributed by atoms with Crippen molar-refractivity contribution >= 4 is 5.96 Å². The van der Waals surface area contributed by atoms with Crippen LogP contribution in [0.15, 0.2) is 23.2 Å². The lowest BCUT2D eigenvalue weighted by Crippen LogP contribution is -2.38. The number of benzene rings is 1. The molecule has 0 heterocycles. The molecule has 7 heteroatoms. The van der Waals surface area contributed by atoms with E-state index in [9.17, 15) is 0 Å². The van der Waals surface area contributed by atoms with Gasteiger partial charge in [-0.15, -0.1) is 0 Å². The maximum Gasteiger partial charge on any atom is 0.191 e. The van der Waals surface area contributed by atoms with Crippen molar-refractivity contribution < 1.29 is 19.3 Å². The molecule has 0 unspecified atom stereocenters. The maximum absolute atomic E-state index is 8.82. The quantitative estimate of drug-likeness (QED) is 0.335. The number of aliphatic hydroxyl groups excluding tert-OH is 1. The Hall–Kier alpha value is -1.99. The van der Waals surface area contributed by atoms with E-state index in [1.165, 1.54) is 0 Å². The Morgan fingerprint density at radius 1 is 1.17 bits per heavy atom. The van der Waals surface area contributed by atoms with Crippen LogP contribution in [-0.2, 0) is 11.3 Å². The summed E-state index contributed by atoms with van der Waals surface area (Å²) >= 11 is 0. The number of nitrogens with zero attached hydrogens (tertiary/aromatic N) is 1. The number of hydrogen-bond donors (Lipinski definition) is 3. The summed E-state index contributed by atoms with van der Waals surface area (Å²) in [5.41, 5.74) is 1.00. The Kier molecular flexibility index (Phi) is 9.58. The summed E-state index contributed by atoms with van der Waals surface area (Å²) in [5.74, 6) is 1.98. The van der Waals surface area contributed by atoms with Gasteiger partial charge in [0, 0.05) is 20.2 Å². The molecule has 23 heavy (non-hydrogen) atoms. The molecule has 7 nitrogen and oxygen atoms in total. The van der Waals surface area contributed by atoms with Crippen LogP contribution in [0.5, 0.6) is 11.5 Å². The topological polar surface area (TPSA) is 84.3 Å². The molecule has 0 aliphatic carbocycles. The predicted molar refractivity (Wildman–Crippen MR) is 90.3 cm³/mol. The summed E-state index contributed by atoms with van der Waals surface area (Å²) in [4.78, 5) is 4.53. The number of rotatable bonds is 10. The number of methoxy groups -OCH3 is 2. The number of nitrogens with one attached hydrogen (secondary N) is 2. The normalized spacial score (nSPS) is 11.2. The van der Waals surface area contributed by atoms with Crippen LogP contribution in [0.4, 0.5) is 0 Å². The zero-order chi connectivity index (χ0) is 16.9. The lowest BCUT2D eigenvalue weighted by atomic mass is 10.2. The minimum atomic E-state index is -0.0333. The Bertz CT molecular complexity index is 480. The van der Waals surface area contributed by atoms with Gasteiger partial charge in [0.2, 0.25) is 0 Å². The molecule has 0 bridgehead atoms. The molecule has 0 amide bonds. The Morgan fingerprint density at radius 2 is 2.00 bits per heavy atom. The Morgan fingerprint density at radius 3 is 2.65 bits per heavy atom. The van der Waals surface area contributed by atoms with Gasteiger partial charge < -0.3 is 30.0 Å². The maximum atomic E-state index is 8.82. The highest BCUT2D eigenvalue weighted by atomic mass is 16.5. The zero-order valence-corrected chi connectivity index (χ0v) is 14.1. The molecule has 0 saturated carbocycles. The standard InChI is InChI=1S/C16H27N3O4/c1-4-17-16(18-7-9-21-2)19-12-13-5-6-14(23-10-8-20)15(11-13)22-3/h5-6,11,20H,4,7-10,12H2,1-3H3,(H2,17,18,19). The zero-order valence-electron chi connectivity index (χ0n) is 14.1. The molecule has 1 rings (SSSR count). The number of hydrogen-bond acceptors (Lipinski definition) is 5. The fraction of sp³-hybridized carbons (Fsp3) is 0.562. The van der Waals surface area contributed by atoms with Gasteiger partial charge in [-0.3, -0.25) is 0 Å². The van der Waals surface area contributed by atoms with Crippen LogP contribution in [0, 0.1) is 0 Å². The molecule has 0 saturated heterocycles. The van der Waals surface area contributed by atoms with Crippen LogP contribution in [0.25, 0.3) is 0 Å². The summed E-state index contributed by atoms with van der Waals surface area (Å²) in [6.45, 7) is 4.84. The van der Waals surface area contributed by atoms with E-state index in [1.807, 2.05) is 25.1 Å². The second-order valence-corrected chi connectivity index (χ2v) is 4.67. The van der Waals surface area contributed by atoms with E-state index in [4.69, 9.17) is 19.3 Å². The third-order valence-electron chi connectivity index (χ3n) is 2.94. The van der Waals surface area contributed by atoms with Crippen LogP contribution in [0.1, 0.15) is 12.5 Å². The van der Waals surface area contributed by atoms with Gasteiger partial charge in [0.05, 0.1) is 26.9 Å². The third-order valence-corrected chi connectivity index (χ3v) is 2.94. The predicted octanol–water partition coefficient (Wildman–Crippen LogP) is 0.768. The Balaban J connectivity index is 2.71. The fourth-order valence-corrected chi connectivity index (χ4v) is 1.87. The average molecular weight is 325 g/mol. The van der Waals surface area contributed by atoms with Crippen LogP contribution >= 0.6 is 0 Å². The van der Waals surface area contributed by atoms with Crippen molar-refractivity contribution in [3.05, 3.63) is 23.8 Å². The first-order valence-electron chi connectivity index (χ1n) is 7.66. The Labute approximate surface area is 137 Å². The molecule has 0 fully saturated rings. The van der Waals surface area contributed by atoms with Crippen molar-refractivity contribution in [3.8, 4) is 11.5 Å². The molecule has 0 aromatic heterocycles. The molecule has 1 aromatic rings. The largest absolute Gasteiger partial charge is 0.493 e. The van der Waals surface area contributed by atoms with Gasteiger partial charge in [-0.2, -0.15) is 0 Å². The molecular formula is C16H27N3O4. The molecule has 130 valence electrons. The minimum absolute atomic E-state index is 0.0333. The van der Waals surface area contributed by atoms with Gasteiger partial charge in [0.25, 0.3) is 0 Å². The number of guanidine groups is 1. The molecule has 0 spiro atoms. The average Bonchev–Trinajstić information content (AvgIpc) is 2.58. The van der Waals surface area contributed by atoms with Crippen molar-refractivity contribution in [2.45, 2.75) is 13.5 Å². The molecule has 0 aliphatic rings. The SMILES string of the molecule is CCNC(=NCc1ccc(OCCO)c(OC)c1)NCCOC. The summed E-state index contributed by atoms with van der Waals surface area (Å²) in [6, 6.07) is 5.64. The first-order valence-corrected chi connectivity index (χ1v) is 7.66. The summed E-state index contributed by atoms with van der Waals surface area (Å²) in [5, 5.41) is 15.2. The molecule has 0 radical (unpaired) electrons. The van der Waals surface area contributed by atoms with E-state index in [2.05, 4.69) is 15.6 Å². The molecule has 1 aromatic carbocycles. The molecule has 0 aliphatic heterocycles. The van der Waals surface area contributed by atoms with E-state index in [0.717, 1.165) is 18.1 Å². The fourth-order valence-electron chi connectivity index (χ4n) is 1.87. The summed E-state index contributed by atoms with van der Waals surface area (Å²) in [6.07, 6.45) is 0. The van der Waals surface area contributed by atoms with Gasteiger partial charge in [-0.05, 0) is 24.6 Å². The first kappa shape index (κ1) is 19.1. The van der Waals surface area contributed by atoms with E-state index >= 15 is 0 Å². The summed E-state index contributed by atoms with van der Waals surface area (Å²) < 4.78 is 15.7. The van der Waals surface area contributed by atoms with Crippen molar-refractivity contribution in [1.82, 2.24) is 10.6 Å². The van der Waals surface area contributed by atoms with Gasteiger partial charge in [-0.1, -0.05) is 6.07 Å². The van der Waals surface area contributed by atoms with E-state index in [-0.39, 0.29) is 13.2 Å². The van der Waals surface area contributed by atoms with E-state index in [1.54, 1.807) is 14.2 Å². The van der Waals surface area contributed by atoms with Crippen molar-refractivity contribution in [3.63, 3.8) is 0 Å². The van der Waals surface area contributed by atoms with Crippen molar-refractivity contribution in [2.75, 3.05) is 47.1 Å². The monoisotopic (exact) mass is 325 g/mol. The molecular weight excluding hydrogens is 298 g/mol. The number of aliphatic hydroxyl groups is 1. The molecule has 3 N–H and O–H groups in total. The molecule has 0 atom stereocenters. The van der Waals surface area contributed by atoms with Gasteiger partial charge >= 0.3 is 0 Å². The minimum Gasteiger partial charge on any atom is -0.493 e. The first-order chi connectivity index (χ1) is 11.2. The van der Waals surface area contributed by atoms with Crippen LogP contribution in [-0.4, -0.2) is 58.2 Å². The van der Waals surface area contributed by atoms with Gasteiger partial charge in [0.1, 0.15) is 6.61 Å². The third kappa shape index (κ3) is 7.21. The highest BCUT2D eigenvalue weighted by Crippen LogP contribution is 2.28. The number of aliphatic imine (C=N–C) groups is 1. The number of ether oxygens (including phenoxy) is 3. The highest BCUT2D eigenvalue weighted by molar-refractivity contribution is 5.79. The van der Waals surface area contributed by atoms with Gasteiger partial charge in [0.15, 0.2) is 17.5 Å². The van der Waals surface area contributed by atoms with E-state index < -0.39 is 0 Å². The van der Waals surface area contributed by atoms with Crippen LogP contribution in [0.2, 0.25) is 0 Å². The summed E-state index contributed by atoms with van der Waals surface area (Å²) in [7, 11) is 3.25. The van der Waals surface area contributed by atoms with Crippen molar-refractivity contribution in [1.29, 1.82) is 0 Å². The highest BCUT2D eigenvalue weighted by Gasteiger charge is 2.06. The van der Waals surface area contributed by atoms with E-state index in [0.29, 0.717) is 31.2 Å². The van der Waals surface area contributed by atoms with Crippen molar-refractivity contribution in [2.24, 2.45) is 4.99 Å². The lowest BCUT2D eigenvalue weighted by molar-refractivity contribution is 0.196. The van der Waals surface area contributed by atoms with Crippen LogP contribution < -0.4 is 20.1 Å². The second-order valence-electron chi connectivity index (χ2n) is 4.67.